The molecule has 4 nitrogen and oxygen atoms in total. The van der Waals surface area contributed by atoms with Crippen LogP contribution < -0.4 is 5.73 Å². The van der Waals surface area contributed by atoms with Gasteiger partial charge < -0.3 is 5.73 Å². The Bertz CT molecular complexity index is 381. The Balaban J connectivity index is 1.91. The molecule has 1 aromatic heterocycles. The van der Waals surface area contributed by atoms with Crippen molar-refractivity contribution < 1.29 is 8.78 Å². The zero-order valence-corrected chi connectivity index (χ0v) is 10.6. The summed E-state index contributed by atoms with van der Waals surface area (Å²) in [5, 5.41) is 4.09. The van der Waals surface area contributed by atoms with Gasteiger partial charge in [-0.15, -0.1) is 0 Å². The third kappa shape index (κ3) is 3.04. The Morgan fingerprint density at radius 2 is 2.17 bits per heavy atom. The minimum atomic E-state index is -2.49. The molecule has 0 saturated heterocycles. The first-order valence-corrected chi connectivity index (χ1v) is 6.52. The number of halogens is 2. The third-order valence-corrected chi connectivity index (χ3v) is 3.78. The summed E-state index contributed by atoms with van der Waals surface area (Å²) in [5.74, 6) is -1.46. The fraction of sp³-hybridized carbons (Fsp3) is 0.833. The van der Waals surface area contributed by atoms with Crippen LogP contribution in [0.5, 0.6) is 0 Å². The van der Waals surface area contributed by atoms with Crippen LogP contribution in [-0.4, -0.2) is 26.7 Å². The second kappa shape index (κ2) is 5.30. The minimum absolute atomic E-state index is 0.0359. The molecule has 2 N–H and O–H groups in total. The lowest BCUT2D eigenvalue weighted by Gasteiger charge is -2.31. The van der Waals surface area contributed by atoms with Crippen LogP contribution in [0.4, 0.5) is 8.78 Å². The summed E-state index contributed by atoms with van der Waals surface area (Å²) in [5.41, 5.74) is 6.13. The van der Waals surface area contributed by atoms with Crippen LogP contribution in [0.2, 0.25) is 0 Å². The summed E-state index contributed by atoms with van der Waals surface area (Å²) >= 11 is 0. The van der Waals surface area contributed by atoms with Crippen molar-refractivity contribution in [3.63, 3.8) is 0 Å². The molecule has 1 fully saturated rings. The van der Waals surface area contributed by atoms with E-state index in [4.69, 9.17) is 5.73 Å². The fourth-order valence-electron chi connectivity index (χ4n) is 2.58. The molecule has 0 amide bonds. The molecule has 1 aromatic rings. The third-order valence-electron chi connectivity index (χ3n) is 3.78. The number of alkyl halides is 2. The second-order valence-electron chi connectivity index (χ2n) is 5.05. The van der Waals surface area contributed by atoms with Crippen LogP contribution in [-0.2, 0) is 13.0 Å². The SMILES string of the molecule is CCn1ncnc1CC(N)C1CCC(F)(F)CC1. The van der Waals surface area contributed by atoms with Crippen molar-refractivity contribution in [1.29, 1.82) is 0 Å². The molecule has 0 radical (unpaired) electrons. The Morgan fingerprint density at radius 3 is 2.78 bits per heavy atom. The molecule has 1 saturated carbocycles. The molecule has 0 bridgehead atoms. The molecular weight excluding hydrogens is 238 g/mol. The van der Waals surface area contributed by atoms with Gasteiger partial charge in [0.2, 0.25) is 5.92 Å². The van der Waals surface area contributed by atoms with E-state index in [0.717, 1.165) is 12.4 Å². The highest BCUT2D eigenvalue weighted by Crippen LogP contribution is 2.37. The van der Waals surface area contributed by atoms with Gasteiger partial charge in [0.05, 0.1) is 0 Å². The first kappa shape index (κ1) is 13.4. The first-order chi connectivity index (χ1) is 8.52. The lowest BCUT2D eigenvalue weighted by Crippen LogP contribution is -2.38. The number of aryl methyl sites for hydroxylation is 1. The number of hydrogen-bond acceptors (Lipinski definition) is 3. The zero-order valence-electron chi connectivity index (χ0n) is 10.6. The second-order valence-corrected chi connectivity index (χ2v) is 5.05. The van der Waals surface area contributed by atoms with Crippen molar-refractivity contribution in [2.45, 2.75) is 57.5 Å². The highest BCUT2D eigenvalue weighted by Gasteiger charge is 2.36. The van der Waals surface area contributed by atoms with Gasteiger partial charge in [-0.3, -0.25) is 4.68 Å². The number of nitrogens with zero attached hydrogens (tertiary/aromatic N) is 3. The Morgan fingerprint density at radius 1 is 1.50 bits per heavy atom. The smallest absolute Gasteiger partial charge is 0.248 e. The molecular formula is C12H20F2N4. The molecule has 1 atom stereocenters. The maximum Gasteiger partial charge on any atom is 0.248 e. The normalized spacial score (nSPS) is 22.0. The molecule has 102 valence electrons. The average molecular weight is 258 g/mol. The minimum Gasteiger partial charge on any atom is -0.327 e. The van der Waals surface area contributed by atoms with E-state index in [0.29, 0.717) is 19.3 Å². The van der Waals surface area contributed by atoms with Crippen LogP contribution >= 0.6 is 0 Å². The van der Waals surface area contributed by atoms with Crippen molar-refractivity contribution >= 4 is 0 Å². The summed E-state index contributed by atoms with van der Waals surface area (Å²) in [7, 11) is 0. The summed E-state index contributed by atoms with van der Waals surface area (Å²) in [4.78, 5) is 4.17. The lowest BCUT2D eigenvalue weighted by molar-refractivity contribution is -0.0482. The first-order valence-electron chi connectivity index (χ1n) is 6.52. The molecule has 18 heavy (non-hydrogen) atoms. The van der Waals surface area contributed by atoms with E-state index in [2.05, 4.69) is 10.1 Å². The van der Waals surface area contributed by atoms with Crippen LogP contribution in [0.15, 0.2) is 6.33 Å². The van der Waals surface area contributed by atoms with Gasteiger partial charge >= 0.3 is 0 Å². The standard InChI is InChI=1S/C12H20F2N4/c1-2-18-11(16-8-17-18)7-10(15)9-3-5-12(13,14)6-4-9/h8-10H,2-7,15H2,1H3. The Labute approximate surface area is 106 Å². The molecule has 0 aliphatic heterocycles. The highest BCUT2D eigenvalue weighted by atomic mass is 19.3. The van der Waals surface area contributed by atoms with Crippen molar-refractivity contribution in [2.24, 2.45) is 11.7 Å². The maximum atomic E-state index is 13.1. The number of rotatable bonds is 4. The summed E-state index contributed by atoms with van der Waals surface area (Å²) in [6.45, 7) is 2.75. The Kier molecular flexibility index (Phi) is 3.94. The topological polar surface area (TPSA) is 56.7 Å². The van der Waals surface area contributed by atoms with Gasteiger partial charge in [0.1, 0.15) is 12.2 Å². The number of aromatic nitrogens is 3. The van der Waals surface area contributed by atoms with E-state index < -0.39 is 5.92 Å². The average Bonchev–Trinajstić information content (AvgIpc) is 2.76. The van der Waals surface area contributed by atoms with Gasteiger partial charge in [0, 0.05) is 31.8 Å². The van der Waals surface area contributed by atoms with Crippen LogP contribution in [0, 0.1) is 5.92 Å². The number of nitrogens with two attached hydrogens (primary N) is 1. The van der Waals surface area contributed by atoms with Crippen LogP contribution in [0.25, 0.3) is 0 Å². The van der Waals surface area contributed by atoms with Crippen LogP contribution in [0.3, 0.4) is 0 Å². The van der Waals surface area contributed by atoms with Crippen molar-refractivity contribution in [3.05, 3.63) is 12.2 Å². The van der Waals surface area contributed by atoms with Gasteiger partial charge in [-0.2, -0.15) is 5.10 Å². The summed E-state index contributed by atoms with van der Waals surface area (Å²) in [6, 6.07) is -0.101. The molecule has 1 aliphatic carbocycles. The molecule has 1 unspecified atom stereocenters. The summed E-state index contributed by atoms with van der Waals surface area (Å²) in [6.07, 6.45) is 3.07. The van der Waals surface area contributed by atoms with Gasteiger partial charge in [-0.05, 0) is 25.7 Å². The zero-order chi connectivity index (χ0) is 13.2. The summed E-state index contributed by atoms with van der Waals surface area (Å²) < 4.78 is 27.9. The quantitative estimate of drug-likeness (QED) is 0.898. The molecule has 6 heteroatoms. The van der Waals surface area contributed by atoms with Gasteiger partial charge in [0.15, 0.2) is 0 Å². The van der Waals surface area contributed by atoms with Gasteiger partial charge in [0.25, 0.3) is 0 Å². The number of hydrogen-bond donors (Lipinski definition) is 1. The lowest BCUT2D eigenvalue weighted by atomic mass is 9.81. The largest absolute Gasteiger partial charge is 0.327 e. The maximum absolute atomic E-state index is 13.1. The molecule has 2 rings (SSSR count). The predicted molar refractivity (Wildman–Crippen MR) is 64.3 cm³/mol. The Hall–Kier alpha value is -1.04. The monoisotopic (exact) mass is 258 g/mol. The van der Waals surface area contributed by atoms with E-state index >= 15 is 0 Å². The predicted octanol–water partition coefficient (Wildman–Crippen LogP) is 1.99. The molecule has 1 heterocycles. The van der Waals surface area contributed by atoms with E-state index in [1.54, 1.807) is 4.68 Å². The van der Waals surface area contributed by atoms with E-state index in [-0.39, 0.29) is 24.8 Å². The van der Waals surface area contributed by atoms with E-state index in [1.165, 1.54) is 6.33 Å². The van der Waals surface area contributed by atoms with Crippen molar-refractivity contribution in [3.8, 4) is 0 Å². The molecule has 0 aromatic carbocycles. The van der Waals surface area contributed by atoms with Crippen molar-refractivity contribution in [2.75, 3.05) is 0 Å². The van der Waals surface area contributed by atoms with E-state index in [1.807, 2.05) is 6.92 Å². The van der Waals surface area contributed by atoms with E-state index in [9.17, 15) is 8.78 Å². The highest BCUT2D eigenvalue weighted by molar-refractivity contribution is 4.93. The van der Waals surface area contributed by atoms with Crippen LogP contribution in [0.1, 0.15) is 38.4 Å². The molecule has 1 aliphatic rings. The van der Waals surface area contributed by atoms with Crippen molar-refractivity contribution in [1.82, 2.24) is 14.8 Å². The van der Waals surface area contributed by atoms with Gasteiger partial charge in [-0.25, -0.2) is 13.8 Å². The van der Waals surface area contributed by atoms with Gasteiger partial charge in [-0.1, -0.05) is 0 Å². The molecule has 0 spiro atoms. The fourth-order valence-corrected chi connectivity index (χ4v) is 2.58.